The molecule has 0 bridgehead atoms. The third kappa shape index (κ3) is 9.93. The van der Waals surface area contributed by atoms with Crippen LogP contribution in [0.25, 0.3) is 82.5 Å². The van der Waals surface area contributed by atoms with E-state index in [0.29, 0.717) is 11.8 Å². The molecule has 10 rings (SSSR count). The molecule has 0 unspecified atom stereocenters. The summed E-state index contributed by atoms with van der Waals surface area (Å²) in [4.78, 5) is 10.0. The van der Waals surface area contributed by atoms with Crippen LogP contribution in [0.15, 0.2) is 170 Å². The third-order valence-corrected chi connectivity index (χ3v) is 14.7. The first-order valence-electron chi connectivity index (χ1n) is 22.6. The molecular formula is C59H55IrN3SSi-2. The number of aromatic nitrogens is 3. The number of thiophene rings is 1. The standard InChI is InChI=1S/C41H31N2S.C18H24NSi.Ir/c1-27(2)22-28-20-21-31-25-39-35(24-32(31)23-28)36(26-44-39)41-42-37-18-9-10-19-38(37)43(41)40-33(29-12-5-3-6-13-29)16-11-17-34(40)30-14-7-4-8-15-30;1-14(2)11-16-12-17(15-9-7-6-8-10-15)19-13-18(16)20(3,4)5;/h3-21,23-25,27H,22H2,1-2H3;6-9,12-14H,11H2,1-5H3;/q2*-1;. The van der Waals surface area contributed by atoms with E-state index >= 15 is 0 Å². The Labute approximate surface area is 403 Å². The number of fused-ring (bicyclic) bond motifs is 3. The molecule has 0 spiro atoms. The maximum Gasteiger partial charge on any atom is 0.0798 e. The third-order valence-electron chi connectivity index (χ3n) is 11.8. The van der Waals surface area contributed by atoms with Gasteiger partial charge in [0.15, 0.2) is 0 Å². The minimum absolute atomic E-state index is 0. The number of para-hydroxylation sites is 3. The summed E-state index contributed by atoms with van der Waals surface area (Å²) in [5, 5.41) is 8.91. The van der Waals surface area contributed by atoms with Gasteiger partial charge in [0.05, 0.1) is 30.6 Å². The Bertz CT molecular complexity index is 3140. The van der Waals surface area contributed by atoms with Crippen LogP contribution in [0.2, 0.25) is 19.6 Å². The molecule has 0 aliphatic rings. The molecule has 3 nitrogen and oxygen atoms in total. The van der Waals surface area contributed by atoms with Crippen molar-refractivity contribution >= 4 is 56.5 Å². The Balaban J connectivity index is 0.000000232. The second kappa shape index (κ2) is 19.8. The Morgan fingerprint density at radius 1 is 0.646 bits per heavy atom. The zero-order chi connectivity index (χ0) is 44.4. The molecule has 0 aliphatic heterocycles. The monoisotopic (exact) mass is 1060 g/mol. The van der Waals surface area contributed by atoms with Gasteiger partial charge in [0.25, 0.3) is 0 Å². The maximum atomic E-state index is 5.33. The molecule has 6 heteroatoms. The van der Waals surface area contributed by atoms with Crippen molar-refractivity contribution in [2.24, 2.45) is 11.8 Å². The summed E-state index contributed by atoms with van der Waals surface area (Å²) in [5.41, 5.74) is 13.9. The van der Waals surface area contributed by atoms with Crippen molar-refractivity contribution in [1.82, 2.24) is 14.5 Å². The van der Waals surface area contributed by atoms with E-state index in [0.717, 1.165) is 52.2 Å². The molecule has 0 saturated heterocycles. The predicted octanol–water partition coefficient (Wildman–Crippen LogP) is 15.7. The van der Waals surface area contributed by atoms with Crippen LogP contribution in [0.4, 0.5) is 0 Å². The molecule has 65 heavy (non-hydrogen) atoms. The quantitative estimate of drug-likeness (QED) is 0.101. The second-order valence-corrected chi connectivity index (χ2v) is 24.6. The molecule has 0 fully saturated rings. The van der Waals surface area contributed by atoms with Crippen molar-refractivity contribution in [3.8, 4) is 50.6 Å². The van der Waals surface area contributed by atoms with Gasteiger partial charge < -0.3 is 9.55 Å². The van der Waals surface area contributed by atoms with Gasteiger partial charge in [0.1, 0.15) is 0 Å². The van der Waals surface area contributed by atoms with E-state index in [9.17, 15) is 0 Å². The molecule has 1 radical (unpaired) electrons. The Morgan fingerprint density at radius 2 is 1.31 bits per heavy atom. The molecule has 7 aromatic carbocycles. The number of hydrogen-bond donors (Lipinski definition) is 0. The van der Waals surface area contributed by atoms with E-state index in [1.165, 1.54) is 59.4 Å². The number of benzene rings is 7. The Morgan fingerprint density at radius 3 is 1.95 bits per heavy atom. The fourth-order valence-electron chi connectivity index (χ4n) is 8.92. The van der Waals surface area contributed by atoms with Crippen LogP contribution in [-0.2, 0) is 32.9 Å². The van der Waals surface area contributed by atoms with Gasteiger partial charge in [0.2, 0.25) is 0 Å². The summed E-state index contributed by atoms with van der Waals surface area (Å²) >= 11 is 1.68. The molecule has 3 heterocycles. The number of imidazole rings is 1. The molecular weight excluding hydrogens is 1000 g/mol. The Kier molecular flexibility index (Phi) is 13.9. The largest absolute Gasteiger partial charge is 0.332 e. The summed E-state index contributed by atoms with van der Waals surface area (Å²) in [6.07, 6.45) is 4.31. The predicted molar refractivity (Wildman–Crippen MR) is 278 cm³/mol. The molecule has 0 saturated carbocycles. The average molecular weight is 1060 g/mol. The van der Waals surface area contributed by atoms with Crippen LogP contribution in [0.3, 0.4) is 0 Å². The minimum Gasteiger partial charge on any atom is -0.332 e. The number of hydrogen-bond acceptors (Lipinski definition) is 3. The van der Waals surface area contributed by atoms with Gasteiger partial charge in [-0.25, -0.2) is 0 Å². The van der Waals surface area contributed by atoms with Crippen molar-refractivity contribution in [2.45, 2.75) is 60.2 Å². The van der Waals surface area contributed by atoms with Gasteiger partial charge >= 0.3 is 0 Å². The van der Waals surface area contributed by atoms with E-state index in [1.54, 1.807) is 11.3 Å². The number of nitrogens with zero attached hydrogens (tertiary/aromatic N) is 3. The van der Waals surface area contributed by atoms with Crippen LogP contribution >= 0.6 is 11.3 Å². The van der Waals surface area contributed by atoms with E-state index in [-0.39, 0.29) is 20.1 Å². The summed E-state index contributed by atoms with van der Waals surface area (Å²) in [5.74, 6) is 2.19. The van der Waals surface area contributed by atoms with Crippen LogP contribution < -0.4 is 5.19 Å². The van der Waals surface area contributed by atoms with E-state index in [2.05, 4.69) is 220 Å². The van der Waals surface area contributed by atoms with Gasteiger partial charge in [-0.15, -0.1) is 41.3 Å². The fraction of sp³-hybridized carbons (Fsp3) is 0.186. The van der Waals surface area contributed by atoms with Crippen molar-refractivity contribution < 1.29 is 20.1 Å². The van der Waals surface area contributed by atoms with Crippen LogP contribution in [0.5, 0.6) is 0 Å². The number of rotatable bonds is 10. The van der Waals surface area contributed by atoms with Crippen molar-refractivity contribution in [3.05, 3.63) is 193 Å². The zero-order valence-electron chi connectivity index (χ0n) is 38.3. The summed E-state index contributed by atoms with van der Waals surface area (Å²) < 4.78 is 3.60. The van der Waals surface area contributed by atoms with Gasteiger partial charge in [-0.2, -0.15) is 0 Å². The van der Waals surface area contributed by atoms with Gasteiger partial charge in [-0.3, -0.25) is 16.3 Å². The topological polar surface area (TPSA) is 30.7 Å². The molecule has 3 aromatic heterocycles. The van der Waals surface area contributed by atoms with Crippen molar-refractivity contribution in [1.29, 1.82) is 0 Å². The molecule has 0 atom stereocenters. The smallest absolute Gasteiger partial charge is 0.0798 e. The second-order valence-electron chi connectivity index (χ2n) is 18.8. The zero-order valence-corrected chi connectivity index (χ0v) is 42.5. The van der Waals surface area contributed by atoms with Crippen molar-refractivity contribution in [2.75, 3.05) is 0 Å². The molecule has 327 valence electrons. The first-order chi connectivity index (χ1) is 31.0. The Hall–Kier alpha value is -5.75. The van der Waals surface area contributed by atoms with Crippen LogP contribution in [0, 0.1) is 23.3 Å². The fourth-order valence-corrected chi connectivity index (χ4v) is 11.4. The van der Waals surface area contributed by atoms with E-state index < -0.39 is 8.07 Å². The van der Waals surface area contributed by atoms with E-state index in [1.807, 2.05) is 18.2 Å². The normalized spacial score (nSPS) is 11.6. The van der Waals surface area contributed by atoms with Gasteiger partial charge in [-0.05, 0) is 75.2 Å². The van der Waals surface area contributed by atoms with Crippen LogP contribution in [0.1, 0.15) is 38.8 Å². The molecule has 0 N–H and O–H groups in total. The van der Waals surface area contributed by atoms with Crippen molar-refractivity contribution in [3.63, 3.8) is 0 Å². The molecule has 10 aromatic rings. The van der Waals surface area contributed by atoms with Gasteiger partial charge in [-0.1, -0.05) is 196 Å². The minimum atomic E-state index is -1.34. The maximum absolute atomic E-state index is 5.33. The van der Waals surface area contributed by atoms with E-state index in [4.69, 9.17) is 4.98 Å². The van der Waals surface area contributed by atoms with Gasteiger partial charge in [0, 0.05) is 37.4 Å². The SMILES string of the molecule is CC(C)Cc1cc(-c2[c-]cccc2)ncc1[Si](C)(C)C.CC(C)Cc1ccc2cc3s[c-]c(-c4nc5ccccc5n4-c4c(-c5ccccc5)cccc4-c4ccccc4)c3cc2c1.[Ir]. The number of pyridine rings is 1. The average Bonchev–Trinajstić information content (AvgIpc) is 3.89. The summed E-state index contributed by atoms with van der Waals surface area (Å²) in [7, 11) is -1.34. The summed E-state index contributed by atoms with van der Waals surface area (Å²) in [6.45, 7) is 16.3. The first-order valence-corrected chi connectivity index (χ1v) is 26.9. The first kappa shape index (κ1) is 45.8. The molecule has 0 aliphatic carbocycles. The van der Waals surface area contributed by atoms with Crippen LogP contribution in [-0.4, -0.2) is 22.6 Å². The summed E-state index contributed by atoms with van der Waals surface area (Å²) in [6, 6.07) is 61.7. The molecule has 0 amide bonds.